The van der Waals surface area contributed by atoms with Gasteiger partial charge >= 0.3 is 0 Å². The largest absolute Gasteiger partial charge is 0.390 e. The summed E-state index contributed by atoms with van der Waals surface area (Å²) in [4.78, 5) is 33.0. The van der Waals surface area contributed by atoms with Crippen LogP contribution in [0, 0.1) is 0 Å². The minimum Gasteiger partial charge on any atom is -0.390 e. The van der Waals surface area contributed by atoms with Crippen molar-refractivity contribution in [2.75, 3.05) is 0 Å². The van der Waals surface area contributed by atoms with Crippen molar-refractivity contribution in [2.24, 2.45) is 0 Å². The fourth-order valence-electron chi connectivity index (χ4n) is 1.39. The lowest BCUT2D eigenvalue weighted by atomic mass is 9.77. The van der Waals surface area contributed by atoms with E-state index < -0.39 is 35.0 Å². The first-order chi connectivity index (χ1) is 7.55. The molecule has 17 heavy (non-hydrogen) atoms. The predicted octanol–water partition coefficient (Wildman–Crippen LogP) is -2.43. The fourth-order valence-corrected chi connectivity index (χ4v) is 1.39. The number of aldehydes is 1. The quantitative estimate of drug-likeness (QED) is 0.303. The van der Waals surface area contributed by atoms with Gasteiger partial charge in [0.2, 0.25) is 5.60 Å². The number of carbonyl (C=O) groups is 3. The van der Waals surface area contributed by atoms with Gasteiger partial charge in [-0.15, -0.1) is 0 Å². The van der Waals surface area contributed by atoms with Crippen LogP contribution in [0.4, 0.5) is 0 Å². The van der Waals surface area contributed by atoms with Crippen molar-refractivity contribution in [3.8, 4) is 0 Å². The van der Waals surface area contributed by atoms with Gasteiger partial charge in [0.15, 0.2) is 23.5 Å². The Labute approximate surface area is 97.7 Å². The fraction of sp³-hybridized carbons (Fsp3) is 0.700. The Kier molecular flexibility index (Phi) is 4.67. The Balaban J connectivity index is 5.67. The summed E-state index contributed by atoms with van der Waals surface area (Å²) < 4.78 is 0. The van der Waals surface area contributed by atoms with Gasteiger partial charge in [-0.1, -0.05) is 0 Å². The maximum Gasteiger partial charge on any atom is 0.207 e. The average molecular weight is 248 g/mol. The van der Waals surface area contributed by atoms with E-state index in [-0.39, 0.29) is 6.29 Å². The monoisotopic (exact) mass is 248 g/mol. The van der Waals surface area contributed by atoms with Crippen molar-refractivity contribution >= 4 is 17.9 Å². The van der Waals surface area contributed by atoms with Crippen molar-refractivity contribution in [3.63, 3.8) is 0 Å². The molecule has 7 nitrogen and oxygen atoms in total. The maximum absolute atomic E-state index is 11.2. The van der Waals surface area contributed by atoms with Gasteiger partial charge in [0.05, 0.1) is 6.10 Å². The van der Waals surface area contributed by atoms with E-state index in [0.29, 0.717) is 0 Å². The van der Waals surface area contributed by atoms with E-state index in [1.165, 1.54) is 0 Å². The Bertz CT molecular complexity index is 338. The molecule has 98 valence electrons. The van der Waals surface area contributed by atoms with Crippen LogP contribution in [-0.2, 0) is 14.4 Å². The van der Waals surface area contributed by atoms with Crippen LogP contribution in [0.15, 0.2) is 0 Å². The third kappa shape index (κ3) is 2.42. The number of hydrogen-bond acceptors (Lipinski definition) is 7. The molecule has 0 aromatic rings. The first-order valence-electron chi connectivity index (χ1n) is 4.84. The zero-order valence-electron chi connectivity index (χ0n) is 9.75. The SMILES string of the molecule is CC(=O)[C@](O)([C@@H](C)O)[C@H](O)[C@@](O)(C=O)C(C)=O. The van der Waals surface area contributed by atoms with E-state index in [4.69, 9.17) is 0 Å². The Hall–Kier alpha value is -1.15. The van der Waals surface area contributed by atoms with Crippen LogP contribution in [0.3, 0.4) is 0 Å². The van der Waals surface area contributed by atoms with E-state index in [0.717, 1.165) is 20.8 Å². The molecule has 0 amide bonds. The van der Waals surface area contributed by atoms with E-state index in [9.17, 15) is 34.8 Å². The first-order valence-corrected chi connectivity index (χ1v) is 4.84. The summed E-state index contributed by atoms with van der Waals surface area (Å²) in [6, 6.07) is 0. The highest BCUT2D eigenvalue weighted by atomic mass is 16.4. The lowest BCUT2D eigenvalue weighted by Crippen LogP contribution is -2.67. The topological polar surface area (TPSA) is 132 Å². The van der Waals surface area contributed by atoms with Crippen LogP contribution in [0.1, 0.15) is 20.8 Å². The summed E-state index contributed by atoms with van der Waals surface area (Å²) in [5.74, 6) is -2.23. The van der Waals surface area contributed by atoms with Crippen molar-refractivity contribution in [1.29, 1.82) is 0 Å². The molecule has 0 spiro atoms. The molecule has 0 heterocycles. The van der Waals surface area contributed by atoms with E-state index in [2.05, 4.69) is 0 Å². The minimum atomic E-state index is -2.95. The van der Waals surface area contributed by atoms with Crippen LogP contribution < -0.4 is 0 Å². The standard InChI is InChI=1S/C10H16O7/c1-5(12)9(16,4-11)8(15)10(17,6(2)13)7(3)14/h4,6,8,13,15-17H,1-3H3/t6-,8-,9-,10-/m1/s1. The number of aliphatic hydroxyl groups is 4. The third-order valence-corrected chi connectivity index (χ3v) is 2.78. The van der Waals surface area contributed by atoms with E-state index >= 15 is 0 Å². The molecule has 0 rings (SSSR count). The molecule has 0 bridgehead atoms. The molecule has 0 aliphatic rings. The number of carbonyl (C=O) groups excluding carboxylic acids is 3. The van der Waals surface area contributed by atoms with E-state index in [1.54, 1.807) is 0 Å². The summed E-state index contributed by atoms with van der Waals surface area (Å²) in [6.07, 6.45) is -4.51. The van der Waals surface area contributed by atoms with Gasteiger partial charge in [0.1, 0.15) is 6.10 Å². The smallest absolute Gasteiger partial charge is 0.207 e. The molecule has 0 aliphatic carbocycles. The molecule has 0 aromatic heterocycles. The highest BCUT2D eigenvalue weighted by Gasteiger charge is 2.57. The number of Topliss-reactive ketones (excluding diaryl/α,β-unsaturated/α-hetero) is 2. The van der Waals surface area contributed by atoms with E-state index in [1.807, 2.05) is 0 Å². The lowest BCUT2D eigenvalue weighted by Gasteiger charge is -2.38. The van der Waals surface area contributed by atoms with Crippen LogP contribution in [0.25, 0.3) is 0 Å². The van der Waals surface area contributed by atoms with Gasteiger partial charge in [0, 0.05) is 0 Å². The zero-order chi connectivity index (χ0) is 14.0. The first kappa shape index (κ1) is 15.9. The molecular weight excluding hydrogens is 232 g/mol. The van der Waals surface area contributed by atoms with Gasteiger partial charge in [-0.2, -0.15) is 0 Å². The molecule has 0 fully saturated rings. The Morgan fingerprint density at radius 3 is 1.71 bits per heavy atom. The summed E-state index contributed by atoms with van der Waals surface area (Å²) >= 11 is 0. The van der Waals surface area contributed by atoms with Crippen molar-refractivity contribution < 1.29 is 34.8 Å². The zero-order valence-corrected chi connectivity index (χ0v) is 9.75. The summed E-state index contributed by atoms with van der Waals surface area (Å²) in [5.41, 5.74) is -5.75. The van der Waals surface area contributed by atoms with Crippen molar-refractivity contribution in [3.05, 3.63) is 0 Å². The van der Waals surface area contributed by atoms with Crippen LogP contribution in [-0.4, -0.2) is 61.7 Å². The summed E-state index contributed by atoms with van der Waals surface area (Å²) in [7, 11) is 0. The number of aliphatic hydroxyl groups excluding tert-OH is 2. The Morgan fingerprint density at radius 2 is 1.53 bits per heavy atom. The second kappa shape index (κ2) is 5.01. The van der Waals surface area contributed by atoms with Gasteiger partial charge in [-0.05, 0) is 20.8 Å². The third-order valence-electron chi connectivity index (χ3n) is 2.78. The molecule has 0 radical (unpaired) electrons. The van der Waals surface area contributed by atoms with Crippen LogP contribution in [0.5, 0.6) is 0 Å². The highest BCUT2D eigenvalue weighted by Crippen LogP contribution is 2.26. The summed E-state index contributed by atoms with van der Waals surface area (Å²) in [6.45, 7) is 2.64. The summed E-state index contributed by atoms with van der Waals surface area (Å²) in [5, 5.41) is 38.4. The average Bonchev–Trinajstić information content (AvgIpc) is 2.24. The Morgan fingerprint density at radius 1 is 1.12 bits per heavy atom. The molecule has 7 heteroatoms. The van der Waals surface area contributed by atoms with Gasteiger partial charge in [-0.3, -0.25) is 14.4 Å². The predicted molar refractivity (Wildman–Crippen MR) is 55.0 cm³/mol. The van der Waals surface area contributed by atoms with Crippen molar-refractivity contribution in [2.45, 2.75) is 44.2 Å². The maximum atomic E-state index is 11.2. The number of hydrogen-bond donors (Lipinski definition) is 4. The molecule has 0 aromatic carbocycles. The second-order valence-corrected chi connectivity index (χ2v) is 3.96. The number of ketones is 2. The van der Waals surface area contributed by atoms with Gasteiger partial charge < -0.3 is 20.4 Å². The molecule has 0 aliphatic heterocycles. The normalized spacial score (nSPS) is 21.8. The van der Waals surface area contributed by atoms with Gasteiger partial charge in [-0.25, -0.2) is 0 Å². The molecule has 4 N–H and O–H groups in total. The number of rotatable bonds is 6. The molecule has 0 saturated carbocycles. The molecule has 0 unspecified atom stereocenters. The van der Waals surface area contributed by atoms with Crippen molar-refractivity contribution in [1.82, 2.24) is 0 Å². The molecule has 0 saturated heterocycles. The minimum absolute atomic E-state index is 0.281. The van der Waals surface area contributed by atoms with Gasteiger partial charge in [0.25, 0.3) is 0 Å². The molecular formula is C10H16O7. The second-order valence-electron chi connectivity index (χ2n) is 3.96. The lowest BCUT2D eigenvalue weighted by molar-refractivity contribution is -0.201. The van der Waals surface area contributed by atoms with Crippen LogP contribution >= 0.6 is 0 Å². The molecule has 4 atom stereocenters. The highest BCUT2D eigenvalue weighted by molar-refractivity contribution is 6.02. The van der Waals surface area contributed by atoms with Crippen LogP contribution in [0.2, 0.25) is 0 Å².